The minimum Gasteiger partial charge on any atom is -0.455 e. The van der Waals surface area contributed by atoms with Crippen LogP contribution < -0.4 is 19.7 Å². The van der Waals surface area contributed by atoms with E-state index in [9.17, 15) is 23.3 Å². The zero-order chi connectivity index (χ0) is 43.6. The number of nitrogens with zero attached hydrogens (tertiary/aromatic N) is 4. The van der Waals surface area contributed by atoms with Gasteiger partial charge in [0, 0.05) is 73.7 Å². The third kappa shape index (κ3) is 10.1. The van der Waals surface area contributed by atoms with Crippen molar-refractivity contribution in [2.24, 2.45) is 5.41 Å². The van der Waals surface area contributed by atoms with Gasteiger partial charge in [-0.2, -0.15) is 0 Å². The number of hydrogen-bond donors (Lipinski definition) is 3. The first-order valence-corrected chi connectivity index (χ1v) is 22.6. The first-order valence-electron chi connectivity index (χ1n) is 20.7. The average Bonchev–Trinajstić information content (AvgIpc) is 3.72. The molecular formula is C45H50ClN7O8S. The van der Waals surface area contributed by atoms with Gasteiger partial charge in [0.2, 0.25) is 0 Å². The summed E-state index contributed by atoms with van der Waals surface area (Å²) in [6, 6.07) is 20.2. The highest BCUT2D eigenvalue weighted by Crippen LogP contribution is 2.43. The van der Waals surface area contributed by atoms with Gasteiger partial charge in [0.25, 0.3) is 21.6 Å². The first-order chi connectivity index (χ1) is 29.7. The molecule has 2 atom stereocenters. The smallest absolute Gasteiger partial charge is 0.293 e. The SMILES string of the molecule is C[C@@H]1CO[C@H](CNc2ccc(S(=O)(=O)NC(=O)c3ccc(N4CCN(CC5=C(c6ccc(Cl)cc6)CC(C)(C)CC5)CC4)cc3Oc3cnc4[nH]ccc4c3)cc2[N+](=O)[O-])CO1. The third-order valence-corrected chi connectivity index (χ3v) is 13.3. The highest BCUT2D eigenvalue weighted by Gasteiger charge is 2.31. The molecular weight excluding hydrogens is 834 g/mol. The van der Waals surface area contributed by atoms with Crippen LogP contribution in [0.3, 0.4) is 0 Å². The van der Waals surface area contributed by atoms with Crippen LogP contribution in [0.15, 0.2) is 95.7 Å². The fraction of sp³-hybridized carbons (Fsp3) is 0.378. The average molecular weight is 884 g/mol. The second kappa shape index (κ2) is 18.1. The Hall–Kier alpha value is -5.52. The van der Waals surface area contributed by atoms with Crippen LogP contribution in [0.2, 0.25) is 5.02 Å². The number of amides is 1. The number of rotatable bonds is 13. The van der Waals surface area contributed by atoms with Crippen molar-refractivity contribution in [1.29, 1.82) is 0 Å². The largest absolute Gasteiger partial charge is 0.455 e. The number of carbonyl (C=O) groups excluding carboxylic acids is 1. The number of pyridine rings is 1. The van der Waals surface area contributed by atoms with Crippen molar-refractivity contribution in [3.63, 3.8) is 0 Å². The quantitative estimate of drug-likeness (QED) is 0.0766. The van der Waals surface area contributed by atoms with E-state index in [1.54, 1.807) is 24.4 Å². The molecule has 62 heavy (non-hydrogen) atoms. The van der Waals surface area contributed by atoms with Crippen molar-refractivity contribution in [3.8, 4) is 11.5 Å². The summed E-state index contributed by atoms with van der Waals surface area (Å²) in [5, 5.41) is 16.6. The van der Waals surface area contributed by atoms with Crippen LogP contribution in [-0.4, -0.2) is 98.8 Å². The van der Waals surface area contributed by atoms with E-state index in [1.165, 1.54) is 41.1 Å². The maximum absolute atomic E-state index is 13.9. The summed E-state index contributed by atoms with van der Waals surface area (Å²) < 4.78 is 47.1. The van der Waals surface area contributed by atoms with Crippen molar-refractivity contribution in [1.82, 2.24) is 19.6 Å². The fourth-order valence-electron chi connectivity index (χ4n) is 8.18. The van der Waals surface area contributed by atoms with Crippen molar-refractivity contribution in [2.45, 2.75) is 57.1 Å². The second-order valence-corrected chi connectivity index (χ2v) is 19.0. The molecule has 2 fully saturated rings. The van der Waals surface area contributed by atoms with Gasteiger partial charge >= 0.3 is 0 Å². The Morgan fingerprint density at radius 3 is 2.56 bits per heavy atom. The number of nitro groups is 1. The summed E-state index contributed by atoms with van der Waals surface area (Å²) in [5.41, 5.74) is 5.34. The molecule has 17 heteroatoms. The number of aromatic amines is 1. The minimum absolute atomic E-state index is 0.0489. The summed E-state index contributed by atoms with van der Waals surface area (Å²) in [6.45, 7) is 11.4. The van der Waals surface area contributed by atoms with Crippen LogP contribution in [0.1, 0.15) is 56.0 Å². The van der Waals surface area contributed by atoms with Gasteiger partial charge in [-0.05, 0) is 91.3 Å². The summed E-state index contributed by atoms with van der Waals surface area (Å²) in [4.78, 5) is 37.0. The molecule has 15 nitrogen and oxygen atoms in total. The van der Waals surface area contributed by atoms with Crippen LogP contribution in [0.5, 0.6) is 11.5 Å². The number of halogens is 1. The molecule has 2 saturated heterocycles. The van der Waals surface area contributed by atoms with Gasteiger partial charge in [-0.15, -0.1) is 0 Å². The van der Waals surface area contributed by atoms with E-state index >= 15 is 0 Å². The van der Waals surface area contributed by atoms with Gasteiger partial charge in [0.05, 0.1) is 47.0 Å². The van der Waals surface area contributed by atoms with Crippen molar-refractivity contribution < 1.29 is 32.3 Å². The van der Waals surface area contributed by atoms with E-state index in [0.29, 0.717) is 24.6 Å². The molecule has 0 saturated carbocycles. The Balaban J connectivity index is 0.998. The number of benzene rings is 3. The topological polar surface area (TPSA) is 181 Å². The highest BCUT2D eigenvalue weighted by molar-refractivity contribution is 7.90. The monoisotopic (exact) mass is 883 g/mol. The lowest BCUT2D eigenvalue weighted by atomic mass is 9.72. The van der Waals surface area contributed by atoms with Gasteiger partial charge < -0.3 is 29.4 Å². The number of piperazine rings is 1. The van der Waals surface area contributed by atoms with Crippen LogP contribution >= 0.6 is 11.6 Å². The molecule has 0 spiro atoms. The highest BCUT2D eigenvalue weighted by atomic mass is 35.5. The molecule has 0 bridgehead atoms. The number of ether oxygens (including phenoxy) is 3. The van der Waals surface area contributed by atoms with E-state index in [1.807, 2.05) is 25.1 Å². The zero-order valence-corrected chi connectivity index (χ0v) is 36.4. The summed E-state index contributed by atoms with van der Waals surface area (Å²) in [7, 11) is -4.59. The van der Waals surface area contributed by atoms with Crippen LogP contribution in [0.25, 0.3) is 16.6 Å². The van der Waals surface area contributed by atoms with Crippen LogP contribution in [0, 0.1) is 15.5 Å². The number of anilines is 2. The third-order valence-electron chi connectivity index (χ3n) is 11.7. The molecule has 5 aromatic rings. The zero-order valence-electron chi connectivity index (χ0n) is 34.9. The van der Waals surface area contributed by atoms with Gasteiger partial charge in [-0.1, -0.05) is 43.2 Å². The maximum atomic E-state index is 13.9. The standard InChI is InChI=1S/C45H50ClN7O8S/c1-29-27-60-36(28-59-29)25-48-40-11-9-37(22-41(40)53(55)56)62(57,58)50-44(54)38-10-8-34(21-42(38)61-35-20-31-13-15-47-43(31)49-24-35)52-18-16-51(17-19-52)26-32-12-14-45(2,3)23-39(32)30-4-6-33(46)7-5-30/h4-11,13,15,20-22,24,29,36,48H,12,14,16-19,23,25-28H2,1-3H3,(H,47,49)(H,50,54)/t29-,36-/m1/s1. The van der Waals surface area contributed by atoms with E-state index in [2.05, 4.69) is 55.8 Å². The van der Waals surface area contributed by atoms with Crippen molar-refractivity contribution in [3.05, 3.63) is 117 Å². The molecule has 2 aromatic heterocycles. The predicted octanol–water partition coefficient (Wildman–Crippen LogP) is 8.04. The predicted molar refractivity (Wildman–Crippen MR) is 239 cm³/mol. The van der Waals surface area contributed by atoms with E-state index in [0.717, 1.165) is 74.1 Å². The lowest BCUT2D eigenvalue weighted by Gasteiger charge is -2.39. The molecule has 0 unspecified atom stereocenters. The molecule has 326 valence electrons. The molecule has 3 N–H and O–H groups in total. The summed E-state index contributed by atoms with van der Waals surface area (Å²) >= 11 is 6.24. The summed E-state index contributed by atoms with van der Waals surface area (Å²) in [5.74, 6) is -0.512. The molecule has 1 aliphatic carbocycles. The number of sulfonamides is 1. The number of nitrogens with one attached hydrogen (secondary N) is 3. The van der Waals surface area contributed by atoms with Crippen molar-refractivity contribution in [2.75, 3.05) is 62.7 Å². The molecule has 4 heterocycles. The van der Waals surface area contributed by atoms with Crippen molar-refractivity contribution >= 4 is 61.2 Å². The number of fused-ring (bicyclic) bond motifs is 1. The Bertz CT molecular complexity index is 2600. The van der Waals surface area contributed by atoms with E-state index < -0.39 is 31.4 Å². The lowest BCUT2D eigenvalue weighted by molar-refractivity contribution is -0.384. The Morgan fingerprint density at radius 1 is 1.03 bits per heavy atom. The number of nitro benzene ring substituents is 1. The normalized spacial score (nSPS) is 19.6. The molecule has 0 radical (unpaired) electrons. The second-order valence-electron chi connectivity index (χ2n) is 16.9. The van der Waals surface area contributed by atoms with Gasteiger partial charge in [0.15, 0.2) is 0 Å². The van der Waals surface area contributed by atoms with Gasteiger partial charge in [-0.3, -0.25) is 19.8 Å². The summed E-state index contributed by atoms with van der Waals surface area (Å²) in [6.07, 6.45) is 6.07. The minimum atomic E-state index is -4.59. The molecule has 3 aliphatic rings. The van der Waals surface area contributed by atoms with Crippen LogP contribution in [-0.2, 0) is 19.5 Å². The van der Waals surface area contributed by atoms with E-state index in [4.69, 9.17) is 25.8 Å². The maximum Gasteiger partial charge on any atom is 0.293 e. The number of hydrogen-bond acceptors (Lipinski definition) is 12. The first kappa shape index (κ1) is 43.1. The van der Waals surface area contributed by atoms with E-state index in [-0.39, 0.29) is 41.2 Å². The number of H-pyrrole nitrogens is 1. The number of allylic oxidation sites excluding steroid dienone is 1. The van der Waals surface area contributed by atoms with Crippen LogP contribution in [0.4, 0.5) is 17.1 Å². The molecule has 3 aromatic carbocycles. The Labute approximate surface area is 365 Å². The Morgan fingerprint density at radius 2 is 1.82 bits per heavy atom. The number of aromatic nitrogens is 2. The number of carbonyl (C=O) groups is 1. The van der Waals surface area contributed by atoms with Gasteiger partial charge in [0.1, 0.15) is 22.8 Å². The molecule has 8 rings (SSSR count). The van der Waals surface area contributed by atoms with Gasteiger partial charge in [-0.25, -0.2) is 18.1 Å². The fourth-order valence-corrected chi connectivity index (χ4v) is 9.29. The lowest BCUT2D eigenvalue weighted by Crippen LogP contribution is -2.47. The molecule has 1 amide bonds. The molecule has 2 aliphatic heterocycles. The Kier molecular flexibility index (Phi) is 12.6.